The summed E-state index contributed by atoms with van der Waals surface area (Å²) in [5, 5.41) is 4.36. The van der Waals surface area contributed by atoms with Gasteiger partial charge in [-0.05, 0) is 13.3 Å². The number of hydrogen-bond donors (Lipinski definition) is 1. The lowest BCUT2D eigenvalue weighted by Crippen LogP contribution is -2.16. The van der Waals surface area contributed by atoms with Gasteiger partial charge in [0, 0.05) is 32.0 Å². The van der Waals surface area contributed by atoms with E-state index in [0.29, 0.717) is 13.2 Å². The average Bonchev–Trinajstić information content (AvgIpc) is 2.55. The van der Waals surface area contributed by atoms with Crippen molar-refractivity contribution in [3.05, 3.63) is 17.5 Å². The van der Waals surface area contributed by atoms with E-state index in [4.69, 9.17) is 10.5 Å². The summed E-state index contributed by atoms with van der Waals surface area (Å²) in [6.07, 6.45) is 2.90. The lowest BCUT2D eigenvalue weighted by molar-refractivity contribution is 0.0682. The first kappa shape index (κ1) is 11.2. The molecule has 0 spiro atoms. The zero-order valence-corrected chi connectivity index (χ0v) is 9.16. The molecule has 0 aliphatic rings. The van der Waals surface area contributed by atoms with Crippen molar-refractivity contribution >= 4 is 0 Å². The van der Waals surface area contributed by atoms with Crippen LogP contribution in [0.15, 0.2) is 6.20 Å². The summed E-state index contributed by atoms with van der Waals surface area (Å²) < 4.78 is 7.37. The van der Waals surface area contributed by atoms with Gasteiger partial charge in [0.25, 0.3) is 0 Å². The van der Waals surface area contributed by atoms with Crippen molar-refractivity contribution in [3.63, 3.8) is 0 Å². The van der Waals surface area contributed by atoms with Gasteiger partial charge < -0.3 is 10.5 Å². The van der Waals surface area contributed by atoms with Crippen LogP contribution in [0.1, 0.15) is 31.2 Å². The molecule has 0 aliphatic carbocycles. The SMILES string of the molecule is CCOC(CN)c1cn(C)nc1CC. The molecule has 2 N–H and O–H groups in total. The Morgan fingerprint density at radius 1 is 1.57 bits per heavy atom. The summed E-state index contributed by atoms with van der Waals surface area (Å²) in [4.78, 5) is 0. The normalized spacial score (nSPS) is 13.1. The molecule has 0 amide bonds. The zero-order valence-electron chi connectivity index (χ0n) is 9.16. The van der Waals surface area contributed by atoms with Gasteiger partial charge >= 0.3 is 0 Å². The van der Waals surface area contributed by atoms with Crippen molar-refractivity contribution < 1.29 is 4.74 Å². The molecule has 0 radical (unpaired) electrons. The first-order valence-corrected chi connectivity index (χ1v) is 5.07. The highest BCUT2D eigenvalue weighted by Gasteiger charge is 2.16. The van der Waals surface area contributed by atoms with Gasteiger partial charge in [-0.3, -0.25) is 4.68 Å². The molecule has 0 aromatic carbocycles. The predicted molar refractivity (Wildman–Crippen MR) is 56.0 cm³/mol. The largest absolute Gasteiger partial charge is 0.372 e. The van der Waals surface area contributed by atoms with Crippen LogP contribution in [0.5, 0.6) is 0 Å². The molecule has 1 rings (SSSR count). The summed E-state index contributed by atoms with van der Waals surface area (Å²) in [6.45, 7) is 5.25. The molecule has 0 aliphatic heterocycles. The molecular formula is C10H19N3O. The highest BCUT2D eigenvalue weighted by atomic mass is 16.5. The fourth-order valence-corrected chi connectivity index (χ4v) is 1.58. The van der Waals surface area contributed by atoms with E-state index in [9.17, 15) is 0 Å². The Morgan fingerprint density at radius 2 is 2.29 bits per heavy atom. The van der Waals surface area contributed by atoms with Crippen molar-refractivity contribution in [2.45, 2.75) is 26.4 Å². The second kappa shape index (κ2) is 5.12. The highest BCUT2D eigenvalue weighted by Crippen LogP contribution is 2.19. The minimum Gasteiger partial charge on any atom is -0.372 e. The Labute approximate surface area is 85.0 Å². The van der Waals surface area contributed by atoms with E-state index in [2.05, 4.69) is 12.0 Å². The summed E-state index contributed by atoms with van der Waals surface area (Å²) >= 11 is 0. The molecule has 14 heavy (non-hydrogen) atoms. The first-order valence-electron chi connectivity index (χ1n) is 5.07. The van der Waals surface area contributed by atoms with Crippen molar-refractivity contribution in [2.24, 2.45) is 12.8 Å². The van der Waals surface area contributed by atoms with Gasteiger partial charge in [0.15, 0.2) is 0 Å². The Hall–Kier alpha value is -0.870. The summed E-state index contributed by atoms with van der Waals surface area (Å²) in [6, 6.07) is 0. The fourth-order valence-electron chi connectivity index (χ4n) is 1.58. The molecule has 80 valence electrons. The molecule has 4 nitrogen and oxygen atoms in total. The third-order valence-corrected chi connectivity index (χ3v) is 2.20. The number of rotatable bonds is 5. The van der Waals surface area contributed by atoms with Crippen molar-refractivity contribution in [2.75, 3.05) is 13.2 Å². The summed E-state index contributed by atoms with van der Waals surface area (Å²) in [7, 11) is 1.92. The lowest BCUT2D eigenvalue weighted by atomic mass is 10.1. The maximum Gasteiger partial charge on any atom is 0.0979 e. The Kier molecular flexibility index (Phi) is 4.10. The van der Waals surface area contributed by atoms with Crippen LogP contribution in [0.3, 0.4) is 0 Å². The van der Waals surface area contributed by atoms with Gasteiger partial charge in [0.1, 0.15) is 0 Å². The number of ether oxygens (including phenoxy) is 1. The molecule has 1 unspecified atom stereocenters. The van der Waals surface area contributed by atoms with Crippen molar-refractivity contribution in [3.8, 4) is 0 Å². The minimum absolute atomic E-state index is 0.0105. The fraction of sp³-hybridized carbons (Fsp3) is 0.700. The number of aromatic nitrogens is 2. The zero-order chi connectivity index (χ0) is 10.6. The van der Waals surface area contributed by atoms with E-state index < -0.39 is 0 Å². The molecule has 0 saturated heterocycles. The smallest absolute Gasteiger partial charge is 0.0979 e. The molecular weight excluding hydrogens is 178 g/mol. The molecule has 1 aromatic rings. The molecule has 0 bridgehead atoms. The van der Waals surface area contributed by atoms with Gasteiger partial charge in [-0.15, -0.1) is 0 Å². The minimum atomic E-state index is -0.0105. The average molecular weight is 197 g/mol. The van der Waals surface area contributed by atoms with E-state index in [1.54, 1.807) is 0 Å². The summed E-state index contributed by atoms with van der Waals surface area (Å²) in [5.74, 6) is 0. The molecule has 1 aromatic heterocycles. The van der Waals surface area contributed by atoms with E-state index in [-0.39, 0.29) is 6.10 Å². The van der Waals surface area contributed by atoms with Crippen LogP contribution in [-0.2, 0) is 18.2 Å². The second-order valence-corrected chi connectivity index (χ2v) is 3.24. The van der Waals surface area contributed by atoms with Crippen LogP contribution < -0.4 is 5.73 Å². The van der Waals surface area contributed by atoms with Crippen LogP contribution in [0.2, 0.25) is 0 Å². The van der Waals surface area contributed by atoms with Gasteiger partial charge in [-0.2, -0.15) is 5.10 Å². The van der Waals surface area contributed by atoms with E-state index >= 15 is 0 Å². The summed E-state index contributed by atoms with van der Waals surface area (Å²) in [5.41, 5.74) is 7.87. The van der Waals surface area contributed by atoms with E-state index in [0.717, 1.165) is 17.7 Å². The first-order chi connectivity index (χ1) is 6.72. The van der Waals surface area contributed by atoms with Gasteiger partial charge in [-0.1, -0.05) is 6.92 Å². The number of aryl methyl sites for hydroxylation is 2. The predicted octanol–water partition coefficient (Wildman–Crippen LogP) is 1.02. The molecule has 0 saturated carbocycles. The second-order valence-electron chi connectivity index (χ2n) is 3.24. The topological polar surface area (TPSA) is 53.1 Å². The standard InChI is InChI=1S/C10H19N3O/c1-4-9-8(7-13(3)12-9)10(6-11)14-5-2/h7,10H,4-6,11H2,1-3H3. The Balaban J connectivity index is 2.89. The third kappa shape index (κ3) is 2.33. The Morgan fingerprint density at radius 3 is 2.79 bits per heavy atom. The molecule has 0 fully saturated rings. The maximum absolute atomic E-state index is 5.66. The molecule has 1 atom stereocenters. The van der Waals surface area contributed by atoms with Crippen LogP contribution in [0, 0.1) is 0 Å². The van der Waals surface area contributed by atoms with Crippen molar-refractivity contribution in [1.82, 2.24) is 9.78 Å². The van der Waals surface area contributed by atoms with E-state index in [1.807, 2.05) is 24.9 Å². The molecule has 4 heteroatoms. The van der Waals surface area contributed by atoms with Gasteiger partial charge in [-0.25, -0.2) is 0 Å². The number of nitrogens with two attached hydrogens (primary N) is 1. The number of hydrogen-bond acceptors (Lipinski definition) is 3. The Bertz CT molecular complexity index is 283. The highest BCUT2D eigenvalue weighted by molar-refractivity contribution is 5.20. The monoisotopic (exact) mass is 197 g/mol. The van der Waals surface area contributed by atoms with Crippen LogP contribution >= 0.6 is 0 Å². The van der Waals surface area contributed by atoms with E-state index in [1.165, 1.54) is 0 Å². The van der Waals surface area contributed by atoms with Crippen LogP contribution in [-0.4, -0.2) is 22.9 Å². The van der Waals surface area contributed by atoms with Gasteiger partial charge in [0.2, 0.25) is 0 Å². The quantitative estimate of drug-likeness (QED) is 0.766. The van der Waals surface area contributed by atoms with Crippen molar-refractivity contribution in [1.29, 1.82) is 0 Å². The molecule has 1 heterocycles. The van der Waals surface area contributed by atoms with Crippen LogP contribution in [0.25, 0.3) is 0 Å². The number of nitrogens with zero attached hydrogens (tertiary/aromatic N) is 2. The van der Waals surface area contributed by atoms with Crippen LogP contribution in [0.4, 0.5) is 0 Å². The maximum atomic E-state index is 5.66. The lowest BCUT2D eigenvalue weighted by Gasteiger charge is -2.14. The third-order valence-electron chi connectivity index (χ3n) is 2.20. The van der Waals surface area contributed by atoms with Gasteiger partial charge in [0.05, 0.1) is 11.8 Å².